The first-order chi connectivity index (χ1) is 9.50. The molecule has 2 amide bonds. The molecule has 0 aromatic heterocycles. The maximum absolute atomic E-state index is 12.8. The predicted molar refractivity (Wildman–Crippen MR) is 77.6 cm³/mol. The molecule has 4 heteroatoms. The lowest BCUT2D eigenvalue weighted by Gasteiger charge is -2.39. The first-order valence-corrected chi connectivity index (χ1v) is 7.21. The molecule has 1 spiro atoms. The van der Waals surface area contributed by atoms with E-state index in [-0.39, 0.29) is 18.4 Å². The molecule has 1 saturated carbocycles. The van der Waals surface area contributed by atoms with Gasteiger partial charge in [-0.25, -0.2) is 0 Å². The summed E-state index contributed by atoms with van der Waals surface area (Å²) in [5.74, 6) is 0.00487. The van der Waals surface area contributed by atoms with Crippen LogP contribution in [-0.2, 0) is 9.59 Å². The van der Waals surface area contributed by atoms with Crippen LogP contribution < -0.4 is 10.2 Å². The molecular formula is C16H20N2O2. The summed E-state index contributed by atoms with van der Waals surface area (Å²) in [6, 6.07) is 6.03. The largest absolute Gasteiger partial charge is 0.340 e. The molecule has 0 atom stereocenters. The van der Waals surface area contributed by atoms with E-state index in [1.165, 1.54) is 0 Å². The number of anilines is 1. The van der Waals surface area contributed by atoms with Crippen LogP contribution in [0.3, 0.4) is 0 Å². The number of piperazine rings is 1. The number of hydrogen-bond acceptors (Lipinski definition) is 2. The lowest BCUT2D eigenvalue weighted by atomic mass is 9.92. The van der Waals surface area contributed by atoms with Crippen molar-refractivity contribution in [2.75, 3.05) is 11.4 Å². The first kappa shape index (κ1) is 13.2. The van der Waals surface area contributed by atoms with Crippen molar-refractivity contribution in [3.63, 3.8) is 0 Å². The lowest BCUT2D eigenvalue weighted by Crippen LogP contribution is -2.65. The van der Waals surface area contributed by atoms with Gasteiger partial charge in [0.25, 0.3) is 5.91 Å². The smallest absolute Gasteiger partial charge is 0.253 e. The summed E-state index contributed by atoms with van der Waals surface area (Å²) in [6.45, 7) is 4.15. The van der Waals surface area contributed by atoms with Crippen molar-refractivity contribution in [2.45, 2.75) is 45.1 Å². The standard InChI is InChI=1S/C16H20N2O2/c1-11-7-12(2)9-13(8-11)18-10-14(19)17-16(15(18)20)5-3-4-6-16/h7-9H,3-6,10H2,1-2H3,(H,17,19). The summed E-state index contributed by atoms with van der Waals surface area (Å²) in [5, 5.41) is 2.94. The maximum Gasteiger partial charge on any atom is 0.253 e. The van der Waals surface area contributed by atoms with E-state index in [2.05, 4.69) is 11.4 Å². The number of carbonyl (C=O) groups is 2. The summed E-state index contributed by atoms with van der Waals surface area (Å²) < 4.78 is 0. The van der Waals surface area contributed by atoms with Gasteiger partial charge in [0.15, 0.2) is 0 Å². The molecule has 1 aliphatic carbocycles. The average Bonchev–Trinajstić information content (AvgIpc) is 2.82. The van der Waals surface area contributed by atoms with Gasteiger partial charge in [-0.15, -0.1) is 0 Å². The molecule has 20 heavy (non-hydrogen) atoms. The van der Waals surface area contributed by atoms with Crippen molar-refractivity contribution in [1.82, 2.24) is 5.32 Å². The molecule has 106 valence electrons. The molecular weight excluding hydrogens is 252 g/mol. The monoisotopic (exact) mass is 272 g/mol. The lowest BCUT2D eigenvalue weighted by molar-refractivity contribution is -0.135. The van der Waals surface area contributed by atoms with Crippen molar-refractivity contribution in [2.24, 2.45) is 0 Å². The van der Waals surface area contributed by atoms with E-state index in [9.17, 15) is 9.59 Å². The van der Waals surface area contributed by atoms with Crippen LogP contribution in [0.15, 0.2) is 18.2 Å². The third-order valence-corrected chi connectivity index (χ3v) is 4.31. The van der Waals surface area contributed by atoms with Crippen LogP contribution >= 0.6 is 0 Å². The number of hydrogen-bond donors (Lipinski definition) is 1. The van der Waals surface area contributed by atoms with Gasteiger partial charge in [0.05, 0.1) is 0 Å². The van der Waals surface area contributed by atoms with Gasteiger partial charge in [-0.05, 0) is 49.9 Å². The Balaban J connectivity index is 1.99. The SMILES string of the molecule is Cc1cc(C)cc(N2CC(=O)NC3(CCCC3)C2=O)c1. The summed E-state index contributed by atoms with van der Waals surface area (Å²) >= 11 is 0. The molecule has 0 bridgehead atoms. The first-order valence-electron chi connectivity index (χ1n) is 7.21. The van der Waals surface area contributed by atoms with Gasteiger partial charge >= 0.3 is 0 Å². The van der Waals surface area contributed by atoms with Crippen molar-refractivity contribution >= 4 is 17.5 Å². The van der Waals surface area contributed by atoms with E-state index in [1.54, 1.807) is 4.90 Å². The highest BCUT2D eigenvalue weighted by molar-refractivity contribution is 6.09. The van der Waals surface area contributed by atoms with Gasteiger partial charge in [0.2, 0.25) is 5.91 Å². The van der Waals surface area contributed by atoms with Crippen molar-refractivity contribution in [1.29, 1.82) is 0 Å². The quantitative estimate of drug-likeness (QED) is 0.851. The van der Waals surface area contributed by atoms with Gasteiger partial charge in [0, 0.05) is 5.69 Å². The molecule has 1 aromatic rings. The van der Waals surface area contributed by atoms with Crippen molar-refractivity contribution in [3.8, 4) is 0 Å². The van der Waals surface area contributed by atoms with Crippen LogP contribution in [0, 0.1) is 13.8 Å². The number of aryl methyl sites for hydroxylation is 2. The molecule has 0 unspecified atom stereocenters. The van der Waals surface area contributed by atoms with Crippen LogP contribution in [0.4, 0.5) is 5.69 Å². The second-order valence-corrected chi connectivity index (χ2v) is 6.07. The molecule has 0 radical (unpaired) electrons. The number of benzene rings is 1. The third kappa shape index (κ3) is 2.09. The van der Waals surface area contributed by atoms with Gasteiger partial charge in [-0.3, -0.25) is 9.59 Å². The summed E-state index contributed by atoms with van der Waals surface area (Å²) in [6.07, 6.45) is 3.54. The minimum absolute atomic E-state index is 0.0503. The Morgan fingerprint density at radius 2 is 1.65 bits per heavy atom. The second-order valence-electron chi connectivity index (χ2n) is 6.07. The zero-order valence-corrected chi connectivity index (χ0v) is 12.0. The summed E-state index contributed by atoms with van der Waals surface area (Å²) in [7, 11) is 0. The van der Waals surface area contributed by atoms with Crippen LogP contribution in [0.25, 0.3) is 0 Å². The Kier molecular flexibility index (Phi) is 3.04. The highest BCUT2D eigenvalue weighted by Gasteiger charge is 2.48. The van der Waals surface area contributed by atoms with E-state index in [0.717, 1.165) is 42.5 Å². The Morgan fingerprint density at radius 1 is 1.05 bits per heavy atom. The van der Waals surface area contributed by atoms with E-state index >= 15 is 0 Å². The zero-order valence-electron chi connectivity index (χ0n) is 12.0. The number of amides is 2. The van der Waals surface area contributed by atoms with Crippen LogP contribution in [0.2, 0.25) is 0 Å². The molecule has 1 heterocycles. The molecule has 2 aliphatic rings. The van der Waals surface area contributed by atoms with Crippen molar-refractivity contribution in [3.05, 3.63) is 29.3 Å². The average molecular weight is 272 g/mol. The van der Waals surface area contributed by atoms with E-state index in [0.29, 0.717) is 0 Å². The molecule has 3 rings (SSSR count). The van der Waals surface area contributed by atoms with E-state index in [1.807, 2.05) is 26.0 Å². The van der Waals surface area contributed by atoms with E-state index in [4.69, 9.17) is 0 Å². The van der Waals surface area contributed by atoms with Gasteiger partial charge in [-0.2, -0.15) is 0 Å². The molecule has 1 aromatic carbocycles. The highest BCUT2D eigenvalue weighted by Crippen LogP contribution is 2.35. The number of nitrogens with zero attached hydrogens (tertiary/aromatic N) is 1. The number of rotatable bonds is 1. The summed E-state index contributed by atoms with van der Waals surface area (Å²) in [4.78, 5) is 26.5. The molecule has 2 fully saturated rings. The Morgan fingerprint density at radius 3 is 2.25 bits per heavy atom. The zero-order chi connectivity index (χ0) is 14.3. The van der Waals surface area contributed by atoms with Gasteiger partial charge in [0.1, 0.15) is 12.1 Å². The fraction of sp³-hybridized carbons (Fsp3) is 0.500. The maximum atomic E-state index is 12.8. The highest BCUT2D eigenvalue weighted by atomic mass is 16.2. The minimum atomic E-state index is -0.646. The number of carbonyl (C=O) groups excluding carboxylic acids is 2. The molecule has 1 aliphatic heterocycles. The molecule has 1 saturated heterocycles. The second kappa shape index (κ2) is 4.62. The minimum Gasteiger partial charge on any atom is -0.340 e. The third-order valence-electron chi connectivity index (χ3n) is 4.31. The summed E-state index contributed by atoms with van der Waals surface area (Å²) in [5.41, 5.74) is 2.42. The Labute approximate surface area is 119 Å². The normalized spacial score (nSPS) is 21.4. The fourth-order valence-electron chi connectivity index (χ4n) is 3.47. The molecule has 1 N–H and O–H groups in total. The van der Waals surface area contributed by atoms with Crippen LogP contribution in [0.1, 0.15) is 36.8 Å². The van der Waals surface area contributed by atoms with Crippen LogP contribution in [-0.4, -0.2) is 23.9 Å². The van der Waals surface area contributed by atoms with Gasteiger partial charge < -0.3 is 10.2 Å². The number of nitrogens with one attached hydrogen (secondary N) is 1. The Hall–Kier alpha value is -1.84. The van der Waals surface area contributed by atoms with Crippen molar-refractivity contribution < 1.29 is 9.59 Å². The van der Waals surface area contributed by atoms with Crippen LogP contribution in [0.5, 0.6) is 0 Å². The Bertz CT molecular complexity index is 554. The van der Waals surface area contributed by atoms with E-state index < -0.39 is 5.54 Å². The predicted octanol–water partition coefficient (Wildman–Crippen LogP) is 2.08. The molecule has 4 nitrogen and oxygen atoms in total. The fourth-order valence-corrected chi connectivity index (χ4v) is 3.47. The van der Waals surface area contributed by atoms with Gasteiger partial charge in [-0.1, -0.05) is 18.9 Å². The topological polar surface area (TPSA) is 49.4 Å².